The van der Waals surface area contributed by atoms with Crippen molar-refractivity contribution < 1.29 is 28.9 Å². The summed E-state index contributed by atoms with van der Waals surface area (Å²) in [5.41, 5.74) is 2.65. The lowest BCUT2D eigenvalue weighted by Crippen LogP contribution is -2.57. The molecular weight excluding hydrogens is 684 g/mol. The molecule has 2 bridgehead atoms. The average Bonchev–Trinajstić information content (AvgIpc) is 3.67. The van der Waals surface area contributed by atoms with Crippen LogP contribution in [0.25, 0.3) is 10.8 Å². The van der Waals surface area contributed by atoms with E-state index in [1.54, 1.807) is 0 Å². The highest BCUT2D eigenvalue weighted by atomic mass is 35.5. The van der Waals surface area contributed by atoms with E-state index in [0.717, 1.165) is 96.7 Å². The van der Waals surface area contributed by atoms with Gasteiger partial charge in [-0.3, -0.25) is 14.6 Å². The highest BCUT2D eigenvalue weighted by Gasteiger charge is 2.45. The lowest BCUT2D eigenvalue weighted by Gasteiger charge is -2.43. The standard InChI is InChI=1S/C39H51ClN6O6/c1-39(2,3)52-38(49)46-27-13-14-28(46)23-45(22-27)36-30-15-19-44(33-12-5-9-26-8-4-11-31(40)35(26)33)24-32(30)41-37(42-36)51-25-29-10-6-17-43(29)18-7-20-50-21-16-34(47)48/h4-5,8-9,11-12,27-29H,6-7,10,13-25H2,1-3H3,(H,47,48)/t27?,28?,29-/m0/s1. The summed E-state index contributed by atoms with van der Waals surface area (Å²) in [6, 6.07) is 13.1. The molecule has 4 aliphatic heterocycles. The largest absolute Gasteiger partial charge is 0.481 e. The molecule has 2 unspecified atom stereocenters. The van der Waals surface area contributed by atoms with Crippen molar-refractivity contribution in [2.75, 3.05) is 62.3 Å². The number of nitrogens with zero attached hydrogens (tertiary/aromatic N) is 6. The number of benzene rings is 2. The van der Waals surface area contributed by atoms with Gasteiger partial charge in [0.15, 0.2) is 0 Å². The number of carbonyl (C=O) groups is 2. The number of carboxylic acids is 1. The van der Waals surface area contributed by atoms with E-state index in [9.17, 15) is 9.59 Å². The van der Waals surface area contributed by atoms with Crippen LogP contribution in [0.2, 0.25) is 5.02 Å². The van der Waals surface area contributed by atoms with Gasteiger partial charge in [-0.2, -0.15) is 9.97 Å². The molecule has 3 aromatic rings. The molecule has 280 valence electrons. The molecule has 7 rings (SSSR count). The molecule has 3 fully saturated rings. The summed E-state index contributed by atoms with van der Waals surface area (Å²) < 4.78 is 17.8. The number of piperazine rings is 1. The first kappa shape index (κ1) is 36.5. The molecule has 0 aliphatic carbocycles. The molecule has 52 heavy (non-hydrogen) atoms. The Hall–Kier alpha value is -3.87. The van der Waals surface area contributed by atoms with Gasteiger partial charge in [0.25, 0.3) is 0 Å². The molecule has 3 atom stereocenters. The molecule has 0 saturated carbocycles. The van der Waals surface area contributed by atoms with Crippen molar-refractivity contribution in [3.8, 4) is 6.01 Å². The molecular formula is C39H51ClN6O6. The molecule has 1 aromatic heterocycles. The van der Waals surface area contributed by atoms with E-state index in [-0.39, 0.29) is 37.2 Å². The van der Waals surface area contributed by atoms with Gasteiger partial charge in [-0.15, -0.1) is 0 Å². The van der Waals surface area contributed by atoms with Crippen LogP contribution >= 0.6 is 11.6 Å². The maximum absolute atomic E-state index is 13.3. The first-order valence-electron chi connectivity index (χ1n) is 18.8. The Kier molecular flexibility index (Phi) is 11.0. The smallest absolute Gasteiger partial charge is 0.410 e. The minimum absolute atomic E-state index is 0.0249. The number of likely N-dealkylation sites (tertiary alicyclic amines) is 1. The van der Waals surface area contributed by atoms with Crippen LogP contribution in [0.5, 0.6) is 6.01 Å². The van der Waals surface area contributed by atoms with Gasteiger partial charge < -0.3 is 29.1 Å². The normalized spacial score (nSPS) is 21.8. The van der Waals surface area contributed by atoms with E-state index in [1.807, 2.05) is 37.8 Å². The van der Waals surface area contributed by atoms with Gasteiger partial charge in [0.1, 0.15) is 18.0 Å². The summed E-state index contributed by atoms with van der Waals surface area (Å²) in [5, 5.41) is 11.7. The van der Waals surface area contributed by atoms with Crippen molar-refractivity contribution in [1.29, 1.82) is 0 Å². The Morgan fingerprint density at radius 3 is 2.50 bits per heavy atom. The molecule has 4 aliphatic rings. The Morgan fingerprint density at radius 1 is 0.981 bits per heavy atom. The molecule has 1 N–H and O–H groups in total. The van der Waals surface area contributed by atoms with Crippen LogP contribution in [0.4, 0.5) is 16.3 Å². The number of fused-ring (bicyclic) bond motifs is 4. The van der Waals surface area contributed by atoms with Crippen LogP contribution in [0.15, 0.2) is 36.4 Å². The van der Waals surface area contributed by atoms with Crippen LogP contribution < -0.4 is 14.5 Å². The van der Waals surface area contributed by atoms with Gasteiger partial charge in [0.2, 0.25) is 0 Å². The number of aromatic nitrogens is 2. The van der Waals surface area contributed by atoms with Crippen LogP contribution in [0.1, 0.15) is 70.6 Å². The van der Waals surface area contributed by atoms with Gasteiger partial charge >= 0.3 is 18.1 Å². The molecule has 2 aromatic carbocycles. The van der Waals surface area contributed by atoms with E-state index in [1.165, 1.54) is 0 Å². The lowest BCUT2D eigenvalue weighted by molar-refractivity contribution is -0.138. The number of amides is 1. The minimum atomic E-state index is -0.842. The third-order valence-electron chi connectivity index (χ3n) is 10.7. The monoisotopic (exact) mass is 734 g/mol. The number of ether oxygens (including phenoxy) is 3. The minimum Gasteiger partial charge on any atom is -0.481 e. The quantitative estimate of drug-likeness (QED) is 0.216. The first-order chi connectivity index (χ1) is 25.0. The number of hydrogen-bond acceptors (Lipinski definition) is 10. The zero-order chi connectivity index (χ0) is 36.4. The molecule has 0 spiro atoms. The number of hydrogen-bond donors (Lipinski definition) is 1. The van der Waals surface area contributed by atoms with Crippen molar-refractivity contribution in [3.05, 3.63) is 52.7 Å². The van der Waals surface area contributed by atoms with Crippen molar-refractivity contribution in [3.63, 3.8) is 0 Å². The number of carboxylic acid groups (broad SMARTS) is 1. The van der Waals surface area contributed by atoms with Crippen molar-refractivity contribution in [2.45, 2.75) is 96.0 Å². The number of rotatable bonds is 12. The fourth-order valence-electron chi connectivity index (χ4n) is 8.33. The van der Waals surface area contributed by atoms with Crippen LogP contribution in [-0.4, -0.2) is 113 Å². The summed E-state index contributed by atoms with van der Waals surface area (Å²) in [6.45, 7) is 11.6. The predicted molar refractivity (Wildman–Crippen MR) is 201 cm³/mol. The summed E-state index contributed by atoms with van der Waals surface area (Å²) in [7, 11) is 0. The first-order valence-corrected chi connectivity index (χ1v) is 19.2. The Balaban J connectivity index is 1.11. The number of anilines is 2. The Bertz CT molecular complexity index is 1750. The third-order valence-corrected chi connectivity index (χ3v) is 11.0. The zero-order valence-corrected chi connectivity index (χ0v) is 31.3. The summed E-state index contributed by atoms with van der Waals surface area (Å²) in [6.07, 6.45) is 5.41. The van der Waals surface area contributed by atoms with Gasteiger partial charge in [-0.25, -0.2) is 4.79 Å². The van der Waals surface area contributed by atoms with E-state index < -0.39 is 11.6 Å². The van der Waals surface area contributed by atoms with Gasteiger partial charge in [0.05, 0.1) is 42.4 Å². The molecule has 5 heterocycles. The number of halogens is 1. The predicted octanol–water partition coefficient (Wildman–Crippen LogP) is 6.16. The van der Waals surface area contributed by atoms with Crippen LogP contribution in [0, 0.1) is 0 Å². The second-order valence-electron chi connectivity index (χ2n) is 15.5. The van der Waals surface area contributed by atoms with Crippen LogP contribution in [-0.2, 0) is 27.2 Å². The molecule has 1 amide bonds. The van der Waals surface area contributed by atoms with Gasteiger partial charge in [-0.05, 0) is 83.4 Å². The highest BCUT2D eigenvalue weighted by Crippen LogP contribution is 2.39. The SMILES string of the molecule is CC(C)(C)OC(=O)N1C2CCC1CN(c1nc(OC[C@@H]3CCCN3CCCOCCC(=O)O)nc3c1CCN(c1cccc4cccc(Cl)c14)C3)C2. The number of aliphatic carboxylic acids is 1. The van der Waals surface area contributed by atoms with Crippen LogP contribution in [0.3, 0.4) is 0 Å². The second-order valence-corrected chi connectivity index (χ2v) is 15.9. The van der Waals surface area contributed by atoms with Crippen molar-refractivity contribution in [1.82, 2.24) is 19.8 Å². The van der Waals surface area contributed by atoms with Gasteiger partial charge in [-0.1, -0.05) is 35.9 Å². The van der Waals surface area contributed by atoms with Crippen molar-refractivity contribution >= 4 is 45.9 Å². The molecule has 0 radical (unpaired) electrons. The van der Waals surface area contributed by atoms with E-state index in [2.05, 4.69) is 39.0 Å². The molecule has 12 nitrogen and oxygen atoms in total. The van der Waals surface area contributed by atoms with E-state index >= 15 is 0 Å². The third kappa shape index (κ3) is 8.19. The topological polar surface area (TPSA) is 121 Å². The fourth-order valence-corrected chi connectivity index (χ4v) is 8.61. The highest BCUT2D eigenvalue weighted by molar-refractivity contribution is 6.36. The second kappa shape index (κ2) is 15.6. The van der Waals surface area contributed by atoms with E-state index in [4.69, 9.17) is 40.9 Å². The molecule has 3 saturated heterocycles. The average molecular weight is 735 g/mol. The van der Waals surface area contributed by atoms with E-state index in [0.29, 0.717) is 38.9 Å². The summed E-state index contributed by atoms with van der Waals surface area (Å²) >= 11 is 6.77. The summed E-state index contributed by atoms with van der Waals surface area (Å²) in [4.78, 5) is 43.3. The fraction of sp³-hybridized carbons (Fsp3) is 0.590. The zero-order valence-electron chi connectivity index (χ0n) is 30.6. The maximum atomic E-state index is 13.3. The Morgan fingerprint density at radius 2 is 1.75 bits per heavy atom. The summed E-state index contributed by atoms with van der Waals surface area (Å²) in [5.74, 6) is 0.0727. The lowest BCUT2D eigenvalue weighted by atomic mass is 10.0. The van der Waals surface area contributed by atoms with Gasteiger partial charge in [0, 0.05) is 55.5 Å². The Labute approximate surface area is 311 Å². The van der Waals surface area contributed by atoms with Crippen molar-refractivity contribution in [2.24, 2.45) is 0 Å². The maximum Gasteiger partial charge on any atom is 0.410 e. The molecule has 13 heteroatoms. The number of carbonyl (C=O) groups excluding carboxylic acids is 1.